The molecule has 0 radical (unpaired) electrons. The normalized spacial score (nSPS) is 18.8. The monoisotopic (exact) mass is 336 g/mol. The van der Waals surface area contributed by atoms with Crippen molar-refractivity contribution in [3.63, 3.8) is 0 Å². The second-order valence-corrected chi connectivity index (χ2v) is 5.57. The number of benzene rings is 1. The first-order valence-corrected chi connectivity index (χ1v) is 8.09. The van der Waals surface area contributed by atoms with Crippen LogP contribution < -0.4 is 5.73 Å². The summed E-state index contributed by atoms with van der Waals surface area (Å²) in [4.78, 5) is 25.3. The van der Waals surface area contributed by atoms with Crippen molar-refractivity contribution in [3.8, 4) is 0 Å². The fourth-order valence-electron chi connectivity index (χ4n) is 2.47. The van der Waals surface area contributed by atoms with E-state index in [1.807, 2.05) is 30.3 Å². The standard InChI is InChI=1S/C17H24N2O5/c1-2-22-16(20)15(18)10-14-11-19(8-9-23-14)17(21)24-12-13-6-4-3-5-7-13/h3-7,14-15H,2,8-12,18H2,1H3/t14-,15-/m0/s1. The summed E-state index contributed by atoms with van der Waals surface area (Å²) in [5.74, 6) is -0.454. The average molecular weight is 336 g/mol. The molecular formula is C17H24N2O5. The van der Waals surface area contributed by atoms with Crippen LogP contribution in [0.3, 0.4) is 0 Å². The zero-order chi connectivity index (χ0) is 17.4. The summed E-state index contributed by atoms with van der Waals surface area (Å²) in [6.07, 6.45) is -0.388. The third-order valence-electron chi connectivity index (χ3n) is 3.71. The van der Waals surface area contributed by atoms with Crippen LogP contribution in [0.5, 0.6) is 0 Å². The topological polar surface area (TPSA) is 91.1 Å². The molecule has 0 aliphatic carbocycles. The number of carbonyl (C=O) groups excluding carboxylic acids is 2. The third kappa shape index (κ3) is 5.50. The minimum Gasteiger partial charge on any atom is -0.465 e. The largest absolute Gasteiger partial charge is 0.465 e. The van der Waals surface area contributed by atoms with Crippen LogP contribution in [0.4, 0.5) is 4.79 Å². The lowest BCUT2D eigenvalue weighted by Crippen LogP contribution is -2.48. The number of hydrogen-bond donors (Lipinski definition) is 1. The number of amides is 1. The number of hydrogen-bond acceptors (Lipinski definition) is 6. The fourth-order valence-corrected chi connectivity index (χ4v) is 2.47. The molecule has 0 spiro atoms. The molecule has 1 aliphatic heterocycles. The van der Waals surface area contributed by atoms with Crippen molar-refractivity contribution in [1.82, 2.24) is 4.90 Å². The molecule has 24 heavy (non-hydrogen) atoms. The summed E-state index contributed by atoms with van der Waals surface area (Å²) < 4.78 is 15.8. The van der Waals surface area contributed by atoms with E-state index in [0.717, 1.165) is 5.56 Å². The van der Waals surface area contributed by atoms with Crippen molar-refractivity contribution in [2.24, 2.45) is 5.73 Å². The van der Waals surface area contributed by atoms with Gasteiger partial charge in [0.15, 0.2) is 0 Å². The van der Waals surface area contributed by atoms with Gasteiger partial charge in [0.2, 0.25) is 0 Å². The van der Waals surface area contributed by atoms with Crippen LogP contribution in [-0.4, -0.2) is 55.4 Å². The van der Waals surface area contributed by atoms with Crippen molar-refractivity contribution < 1.29 is 23.8 Å². The Hall–Kier alpha value is -2.12. The van der Waals surface area contributed by atoms with Gasteiger partial charge < -0.3 is 24.8 Å². The van der Waals surface area contributed by atoms with E-state index in [4.69, 9.17) is 19.9 Å². The highest BCUT2D eigenvalue weighted by Gasteiger charge is 2.28. The zero-order valence-electron chi connectivity index (χ0n) is 13.8. The van der Waals surface area contributed by atoms with Crippen molar-refractivity contribution in [3.05, 3.63) is 35.9 Å². The molecule has 0 unspecified atom stereocenters. The molecule has 1 heterocycles. The molecule has 1 aliphatic rings. The Morgan fingerprint density at radius 1 is 1.33 bits per heavy atom. The van der Waals surface area contributed by atoms with E-state index in [1.165, 1.54) is 0 Å². The highest BCUT2D eigenvalue weighted by Crippen LogP contribution is 2.13. The van der Waals surface area contributed by atoms with Crippen molar-refractivity contribution in [1.29, 1.82) is 0 Å². The Bertz CT molecular complexity index is 537. The molecule has 1 saturated heterocycles. The number of carbonyl (C=O) groups is 2. The number of nitrogens with two attached hydrogens (primary N) is 1. The van der Waals surface area contributed by atoms with Crippen LogP contribution in [0, 0.1) is 0 Å². The van der Waals surface area contributed by atoms with Crippen molar-refractivity contribution in [2.45, 2.75) is 32.1 Å². The SMILES string of the molecule is CCOC(=O)[C@@H](N)C[C@H]1CN(C(=O)OCc2ccccc2)CCO1. The van der Waals surface area contributed by atoms with Crippen LogP contribution in [0.15, 0.2) is 30.3 Å². The van der Waals surface area contributed by atoms with E-state index >= 15 is 0 Å². The van der Waals surface area contributed by atoms with Gasteiger partial charge >= 0.3 is 12.1 Å². The third-order valence-corrected chi connectivity index (χ3v) is 3.71. The maximum Gasteiger partial charge on any atom is 0.410 e. The molecule has 7 nitrogen and oxygen atoms in total. The van der Waals surface area contributed by atoms with Crippen molar-refractivity contribution in [2.75, 3.05) is 26.3 Å². The molecule has 0 bridgehead atoms. The van der Waals surface area contributed by atoms with E-state index in [9.17, 15) is 9.59 Å². The van der Waals surface area contributed by atoms with Gasteiger partial charge in [0.25, 0.3) is 0 Å². The molecule has 1 aromatic rings. The molecule has 0 saturated carbocycles. The molecular weight excluding hydrogens is 312 g/mol. The molecule has 1 amide bonds. The van der Waals surface area contributed by atoms with E-state index in [-0.39, 0.29) is 19.3 Å². The Labute approximate surface area is 141 Å². The average Bonchev–Trinajstić information content (AvgIpc) is 2.61. The summed E-state index contributed by atoms with van der Waals surface area (Å²) in [6.45, 7) is 3.44. The molecule has 7 heteroatoms. The first kappa shape index (κ1) is 18.2. The fraction of sp³-hybridized carbons (Fsp3) is 0.529. The Kier molecular flexibility index (Phi) is 7.02. The first-order chi connectivity index (χ1) is 11.6. The van der Waals surface area contributed by atoms with Gasteiger partial charge in [0, 0.05) is 13.0 Å². The number of ether oxygens (including phenoxy) is 3. The Morgan fingerprint density at radius 3 is 2.79 bits per heavy atom. The summed E-state index contributed by atoms with van der Waals surface area (Å²) in [5.41, 5.74) is 6.73. The van der Waals surface area contributed by atoms with Crippen LogP contribution in [-0.2, 0) is 25.6 Å². The van der Waals surface area contributed by atoms with Crippen LogP contribution in [0.1, 0.15) is 18.9 Å². The summed E-state index contributed by atoms with van der Waals surface area (Å²) in [6, 6.07) is 8.73. The number of nitrogens with zero attached hydrogens (tertiary/aromatic N) is 1. The Balaban J connectivity index is 1.79. The highest BCUT2D eigenvalue weighted by atomic mass is 16.6. The molecule has 1 aromatic carbocycles. The number of esters is 1. The zero-order valence-corrected chi connectivity index (χ0v) is 13.8. The lowest BCUT2D eigenvalue weighted by Gasteiger charge is -2.33. The minimum atomic E-state index is -0.754. The molecule has 2 rings (SSSR count). The van der Waals surface area contributed by atoms with Gasteiger partial charge in [-0.1, -0.05) is 30.3 Å². The van der Waals surface area contributed by atoms with Gasteiger partial charge in [-0.3, -0.25) is 4.79 Å². The smallest absolute Gasteiger partial charge is 0.410 e. The van der Waals surface area contributed by atoms with Crippen molar-refractivity contribution >= 4 is 12.1 Å². The lowest BCUT2D eigenvalue weighted by molar-refractivity contribution is -0.146. The predicted molar refractivity (Wildman–Crippen MR) is 87.2 cm³/mol. The van der Waals surface area contributed by atoms with Gasteiger partial charge in [-0.25, -0.2) is 4.79 Å². The molecule has 2 atom stereocenters. The van der Waals surface area contributed by atoms with E-state index < -0.39 is 18.1 Å². The van der Waals surface area contributed by atoms with Gasteiger partial charge in [-0.15, -0.1) is 0 Å². The molecule has 1 fully saturated rings. The molecule has 132 valence electrons. The highest BCUT2D eigenvalue weighted by molar-refractivity contribution is 5.75. The summed E-state index contributed by atoms with van der Waals surface area (Å²) in [7, 11) is 0. The number of rotatable bonds is 6. The van der Waals surface area contributed by atoms with Gasteiger partial charge in [-0.2, -0.15) is 0 Å². The van der Waals surface area contributed by atoms with E-state index in [2.05, 4.69) is 0 Å². The van der Waals surface area contributed by atoms with Gasteiger partial charge in [-0.05, 0) is 12.5 Å². The van der Waals surface area contributed by atoms with E-state index in [1.54, 1.807) is 11.8 Å². The molecule has 2 N–H and O–H groups in total. The maximum atomic E-state index is 12.2. The quantitative estimate of drug-likeness (QED) is 0.788. The summed E-state index contributed by atoms with van der Waals surface area (Å²) >= 11 is 0. The first-order valence-electron chi connectivity index (χ1n) is 8.09. The van der Waals surface area contributed by atoms with Gasteiger partial charge in [0.1, 0.15) is 12.6 Å². The number of morpholine rings is 1. The minimum absolute atomic E-state index is 0.226. The van der Waals surface area contributed by atoms with Crippen LogP contribution in [0.25, 0.3) is 0 Å². The molecule has 0 aromatic heterocycles. The summed E-state index contributed by atoms with van der Waals surface area (Å²) in [5, 5.41) is 0. The lowest BCUT2D eigenvalue weighted by atomic mass is 10.1. The Morgan fingerprint density at radius 2 is 2.08 bits per heavy atom. The second kappa shape index (κ2) is 9.24. The van der Waals surface area contributed by atoms with Crippen LogP contribution in [0.2, 0.25) is 0 Å². The second-order valence-electron chi connectivity index (χ2n) is 5.57. The van der Waals surface area contributed by atoms with Crippen LogP contribution >= 0.6 is 0 Å². The predicted octanol–water partition coefficient (Wildman–Crippen LogP) is 1.30. The van der Waals surface area contributed by atoms with Gasteiger partial charge in [0.05, 0.1) is 25.9 Å². The maximum absolute atomic E-state index is 12.2. The van der Waals surface area contributed by atoms with E-state index in [0.29, 0.717) is 26.1 Å².